The zero-order valence-electron chi connectivity index (χ0n) is 12.7. The van der Waals surface area contributed by atoms with Gasteiger partial charge in [0, 0.05) is 12.7 Å². The average Bonchev–Trinajstić information content (AvgIpc) is 2.53. The van der Waals surface area contributed by atoms with Crippen LogP contribution in [0.15, 0.2) is 36.4 Å². The number of phenols is 1. The fraction of sp³-hybridized carbons (Fsp3) is 0.294. The Bertz CT molecular complexity index is 712. The molecule has 116 valence electrons. The zero-order valence-corrected chi connectivity index (χ0v) is 12.7. The molecule has 22 heavy (non-hydrogen) atoms. The molecular weight excluding hydrogens is 284 g/mol. The van der Waals surface area contributed by atoms with Crippen molar-refractivity contribution in [2.24, 2.45) is 0 Å². The lowest BCUT2D eigenvalue weighted by Gasteiger charge is -2.47. The van der Waals surface area contributed by atoms with E-state index >= 15 is 0 Å². The van der Waals surface area contributed by atoms with Crippen molar-refractivity contribution in [3.63, 3.8) is 0 Å². The van der Waals surface area contributed by atoms with Crippen molar-refractivity contribution in [2.45, 2.75) is 11.7 Å². The Morgan fingerprint density at radius 3 is 2.32 bits per heavy atom. The molecule has 0 fully saturated rings. The Kier molecular flexibility index (Phi) is 3.47. The Labute approximate surface area is 128 Å². The number of ether oxygens (including phenoxy) is 3. The van der Waals surface area contributed by atoms with Gasteiger partial charge >= 0.3 is 0 Å². The van der Waals surface area contributed by atoms with Crippen LogP contribution in [0, 0.1) is 0 Å². The third kappa shape index (κ3) is 1.79. The number of methoxy groups -OCH3 is 3. The van der Waals surface area contributed by atoms with Gasteiger partial charge in [-0.15, -0.1) is 0 Å². The predicted octanol–water partition coefficient (Wildman–Crippen LogP) is 2.35. The van der Waals surface area contributed by atoms with Crippen LogP contribution in [0.5, 0.6) is 17.2 Å². The summed E-state index contributed by atoms with van der Waals surface area (Å²) < 4.78 is 15.9. The summed E-state index contributed by atoms with van der Waals surface area (Å²) in [6, 6.07) is 10.3. The first-order valence-corrected chi connectivity index (χ1v) is 6.88. The van der Waals surface area contributed by atoms with E-state index in [1.165, 1.54) is 13.2 Å². The quantitative estimate of drug-likeness (QED) is 0.907. The van der Waals surface area contributed by atoms with Gasteiger partial charge in [-0.1, -0.05) is 18.2 Å². The van der Waals surface area contributed by atoms with Gasteiger partial charge in [-0.2, -0.15) is 0 Å². The number of aliphatic hydroxyl groups is 1. The molecule has 1 aliphatic carbocycles. The standard InChI is InChI=1S/C17H18O5/c1-20-13-8-7-10(9-12(13)18)17(19)15-11(16(17)22-3)5-4-6-14(15)21-2/h4-9,16,18-19H,1-3H3/t16-,17+/m0/s1. The molecule has 0 bridgehead atoms. The van der Waals surface area contributed by atoms with Gasteiger partial charge < -0.3 is 24.4 Å². The lowest BCUT2D eigenvalue weighted by Crippen LogP contribution is -2.45. The van der Waals surface area contributed by atoms with Crippen LogP contribution >= 0.6 is 0 Å². The summed E-state index contributed by atoms with van der Waals surface area (Å²) >= 11 is 0. The van der Waals surface area contributed by atoms with E-state index in [4.69, 9.17) is 14.2 Å². The number of phenolic OH excluding ortho intramolecular Hbond substituents is 1. The van der Waals surface area contributed by atoms with Crippen molar-refractivity contribution >= 4 is 0 Å². The molecule has 0 radical (unpaired) electrons. The number of benzene rings is 2. The molecule has 2 aromatic carbocycles. The van der Waals surface area contributed by atoms with Gasteiger partial charge in [-0.25, -0.2) is 0 Å². The van der Waals surface area contributed by atoms with E-state index in [1.807, 2.05) is 12.1 Å². The van der Waals surface area contributed by atoms with Crippen molar-refractivity contribution in [3.05, 3.63) is 53.1 Å². The zero-order chi connectivity index (χ0) is 15.9. The van der Waals surface area contributed by atoms with Gasteiger partial charge in [0.25, 0.3) is 0 Å². The van der Waals surface area contributed by atoms with Crippen LogP contribution < -0.4 is 9.47 Å². The number of rotatable bonds is 4. The Morgan fingerprint density at radius 2 is 1.73 bits per heavy atom. The largest absolute Gasteiger partial charge is 0.504 e. The van der Waals surface area contributed by atoms with Crippen LogP contribution in [0.2, 0.25) is 0 Å². The van der Waals surface area contributed by atoms with Crippen LogP contribution in [0.4, 0.5) is 0 Å². The maximum absolute atomic E-state index is 11.2. The van der Waals surface area contributed by atoms with E-state index in [-0.39, 0.29) is 5.75 Å². The molecule has 1 aliphatic rings. The molecule has 2 N–H and O–H groups in total. The van der Waals surface area contributed by atoms with E-state index < -0.39 is 11.7 Å². The molecule has 5 nitrogen and oxygen atoms in total. The van der Waals surface area contributed by atoms with Crippen molar-refractivity contribution < 1.29 is 24.4 Å². The third-order valence-corrected chi connectivity index (χ3v) is 4.18. The summed E-state index contributed by atoms with van der Waals surface area (Å²) in [5, 5.41) is 21.2. The average molecular weight is 302 g/mol. The fourth-order valence-corrected chi connectivity index (χ4v) is 3.14. The topological polar surface area (TPSA) is 68.2 Å². The van der Waals surface area contributed by atoms with Crippen molar-refractivity contribution in [1.29, 1.82) is 0 Å². The van der Waals surface area contributed by atoms with Crippen molar-refractivity contribution in [3.8, 4) is 17.2 Å². The normalized spacial score (nSPS) is 22.6. The summed E-state index contributed by atoms with van der Waals surface area (Å²) in [7, 11) is 4.58. The first-order valence-electron chi connectivity index (χ1n) is 6.88. The molecule has 0 saturated carbocycles. The van der Waals surface area contributed by atoms with E-state index in [0.29, 0.717) is 22.6 Å². The van der Waals surface area contributed by atoms with Crippen LogP contribution in [-0.4, -0.2) is 31.5 Å². The highest BCUT2D eigenvalue weighted by molar-refractivity contribution is 5.61. The van der Waals surface area contributed by atoms with Gasteiger partial charge in [-0.05, 0) is 29.3 Å². The van der Waals surface area contributed by atoms with E-state index in [9.17, 15) is 10.2 Å². The van der Waals surface area contributed by atoms with Crippen molar-refractivity contribution in [1.82, 2.24) is 0 Å². The summed E-state index contributed by atoms with van der Waals surface area (Å²) in [5.74, 6) is 0.899. The molecule has 0 spiro atoms. The van der Waals surface area contributed by atoms with E-state index in [2.05, 4.69) is 0 Å². The second kappa shape index (κ2) is 5.19. The highest BCUT2D eigenvalue weighted by Gasteiger charge is 2.54. The Hall–Kier alpha value is -2.24. The molecule has 0 unspecified atom stereocenters. The minimum atomic E-state index is -1.37. The summed E-state index contributed by atoms with van der Waals surface area (Å²) in [6.07, 6.45) is -0.523. The smallest absolute Gasteiger partial charge is 0.160 e. The fourth-order valence-electron chi connectivity index (χ4n) is 3.14. The first kappa shape index (κ1) is 14.7. The number of aromatic hydroxyl groups is 1. The second-order valence-electron chi connectivity index (χ2n) is 5.19. The number of hydrogen-bond donors (Lipinski definition) is 2. The number of fused-ring (bicyclic) bond motifs is 1. The molecule has 2 atom stereocenters. The lowest BCUT2D eigenvalue weighted by molar-refractivity contribution is -0.104. The third-order valence-electron chi connectivity index (χ3n) is 4.18. The second-order valence-corrected chi connectivity index (χ2v) is 5.19. The molecule has 0 amide bonds. The highest BCUT2D eigenvalue weighted by Crippen LogP contribution is 2.58. The minimum absolute atomic E-state index is 0.0355. The van der Waals surface area contributed by atoms with E-state index in [0.717, 1.165) is 5.56 Å². The maximum atomic E-state index is 11.2. The summed E-state index contributed by atoms with van der Waals surface area (Å²) in [4.78, 5) is 0. The highest BCUT2D eigenvalue weighted by atomic mass is 16.5. The van der Waals surface area contributed by atoms with Crippen LogP contribution in [-0.2, 0) is 10.3 Å². The molecule has 0 heterocycles. The Morgan fingerprint density at radius 1 is 1.00 bits per heavy atom. The first-order chi connectivity index (χ1) is 10.6. The molecule has 5 heteroatoms. The molecule has 2 aromatic rings. The predicted molar refractivity (Wildman–Crippen MR) is 80.4 cm³/mol. The lowest BCUT2D eigenvalue weighted by atomic mass is 9.66. The van der Waals surface area contributed by atoms with Gasteiger partial charge in [-0.3, -0.25) is 0 Å². The molecule has 0 aromatic heterocycles. The van der Waals surface area contributed by atoms with Crippen LogP contribution in [0.3, 0.4) is 0 Å². The van der Waals surface area contributed by atoms with Gasteiger partial charge in [0.05, 0.1) is 14.2 Å². The molecular formula is C17H18O5. The summed E-state index contributed by atoms with van der Waals surface area (Å²) in [6.45, 7) is 0. The van der Waals surface area contributed by atoms with Gasteiger partial charge in [0.2, 0.25) is 0 Å². The van der Waals surface area contributed by atoms with Crippen LogP contribution in [0.25, 0.3) is 0 Å². The molecule has 0 saturated heterocycles. The van der Waals surface area contributed by atoms with Gasteiger partial charge in [0.15, 0.2) is 11.5 Å². The Balaban J connectivity index is 2.17. The maximum Gasteiger partial charge on any atom is 0.160 e. The van der Waals surface area contributed by atoms with E-state index in [1.54, 1.807) is 32.4 Å². The molecule has 0 aliphatic heterocycles. The van der Waals surface area contributed by atoms with Crippen LogP contribution in [0.1, 0.15) is 22.8 Å². The monoisotopic (exact) mass is 302 g/mol. The SMILES string of the molecule is COc1ccc([C@@]2(O)c3c(OC)cccc3[C@@H]2OC)cc1O. The minimum Gasteiger partial charge on any atom is -0.504 e. The van der Waals surface area contributed by atoms with Crippen molar-refractivity contribution in [2.75, 3.05) is 21.3 Å². The summed E-state index contributed by atoms with van der Waals surface area (Å²) in [5.41, 5.74) is 0.684. The number of hydrogen-bond acceptors (Lipinski definition) is 5. The molecule has 3 rings (SSSR count). The van der Waals surface area contributed by atoms with Gasteiger partial charge in [0.1, 0.15) is 17.5 Å².